The highest BCUT2D eigenvalue weighted by atomic mass is 32.1. The number of ether oxygens (including phenoxy) is 1. The standard InChI is InChI=1S/C15H16F3N3O2S/c1-10-20-12(9-24-10)7-19-14(22)21(2)8-11-3-5-13(6-4-11)23-15(16,17)18/h3-6,9H,7-8H2,1-2H3,(H,19,22). The summed E-state index contributed by atoms with van der Waals surface area (Å²) in [4.78, 5) is 17.7. The molecule has 1 heterocycles. The molecule has 0 fully saturated rings. The molecule has 24 heavy (non-hydrogen) atoms. The van der Waals surface area contributed by atoms with E-state index in [1.165, 1.54) is 40.5 Å². The minimum atomic E-state index is -4.72. The number of nitrogens with one attached hydrogen (secondary N) is 1. The first-order chi connectivity index (χ1) is 11.2. The van der Waals surface area contributed by atoms with Gasteiger partial charge in [-0.05, 0) is 24.6 Å². The quantitative estimate of drug-likeness (QED) is 0.886. The molecule has 0 saturated heterocycles. The average Bonchev–Trinajstić information content (AvgIpc) is 2.91. The molecule has 2 amide bonds. The number of halogens is 3. The van der Waals surface area contributed by atoms with E-state index in [1.807, 2.05) is 12.3 Å². The lowest BCUT2D eigenvalue weighted by Gasteiger charge is -2.18. The summed E-state index contributed by atoms with van der Waals surface area (Å²) in [6, 6.07) is 5.10. The fourth-order valence-corrected chi connectivity index (χ4v) is 2.55. The second-order valence-corrected chi connectivity index (χ2v) is 6.13. The second-order valence-electron chi connectivity index (χ2n) is 5.06. The highest BCUT2D eigenvalue weighted by Crippen LogP contribution is 2.23. The van der Waals surface area contributed by atoms with Crippen molar-refractivity contribution in [3.05, 3.63) is 45.9 Å². The minimum Gasteiger partial charge on any atom is -0.406 e. The summed E-state index contributed by atoms with van der Waals surface area (Å²) < 4.78 is 40.1. The third-order valence-corrected chi connectivity index (χ3v) is 3.83. The second kappa shape index (κ2) is 7.52. The largest absolute Gasteiger partial charge is 0.573 e. The number of carbonyl (C=O) groups is 1. The summed E-state index contributed by atoms with van der Waals surface area (Å²) in [5.74, 6) is -0.294. The van der Waals surface area contributed by atoms with Gasteiger partial charge in [0.05, 0.1) is 17.2 Å². The van der Waals surface area contributed by atoms with Crippen LogP contribution in [-0.4, -0.2) is 29.3 Å². The van der Waals surface area contributed by atoms with Gasteiger partial charge in [0.25, 0.3) is 0 Å². The Labute approximate surface area is 141 Å². The maximum atomic E-state index is 12.1. The van der Waals surface area contributed by atoms with Crippen LogP contribution in [0.5, 0.6) is 5.75 Å². The molecule has 1 aromatic heterocycles. The fourth-order valence-electron chi connectivity index (χ4n) is 1.93. The summed E-state index contributed by atoms with van der Waals surface area (Å²) in [5, 5.41) is 5.53. The Kier molecular flexibility index (Phi) is 5.66. The van der Waals surface area contributed by atoms with Crippen molar-refractivity contribution >= 4 is 17.4 Å². The number of aromatic nitrogens is 1. The minimum absolute atomic E-state index is 0.258. The van der Waals surface area contributed by atoms with Gasteiger partial charge in [0.15, 0.2) is 0 Å². The van der Waals surface area contributed by atoms with Crippen molar-refractivity contribution < 1.29 is 22.7 Å². The summed E-state index contributed by atoms with van der Waals surface area (Å²) in [5.41, 5.74) is 1.47. The number of hydrogen-bond donors (Lipinski definition) is 1. The van der Waals surface area contributed by atoms with Gasteiger partial charge in [-0.3, -0.25) is 0 Å². The van der Waals surface area contributed by atoms with E-state index in [1.54, 1.807) is 7.05 Å². The van der Waals surface area contributed by atoms with Gasteiger partial charge in [0.1, 0.15) is 5.75 Å². The number of nitrogens with zero attached hydrogens (tertiary/aromatic N) is 2. The molecule has 130 valence electrons. The first-order valence-electron chi connectivity index (χ1n) is 6.97. The summed E-state index contributed by atoms with van der Waals surface area (Å²) in [6.07, 6.45) is -4.72. The smallest absolute Gasteiger partial charge is 0.406 e. The molecule has 0 aliphatic carbocycles. The molecule has 0 unspecified atom stereocenters. The van der Waals surface area contributed by atoms with E-state index in [0.717, 1.165) is 10.7 Å². The molecule has 9 heteroatoms. The van der Waals surface area contributed by atoms with E-state index in [2.05, 4.69) is 15.0 Å². The monoisotopic (exact) mass is 359 g/mol. The van der Waals surface area contributed by atoms with E-state index < -0.39 is 6.36 Å². The number of benzene rings is 1. The van der Waals surface area contributed by atoms with E-state index in [9.17, 15) is 18.0 Å². The SMILES string of the molecule is Cc1nc(CNC(=O)N(C)Cc2ccc(OC(F)(F)F)cc2)cs1. The lowest BCUT2D eigenvalue weighted by molar-refractivity contribution is -0.274. The van der Waals surface area contributed by atoms with Crippen LogP contribution in [0.2, 0.25) is 0 Å². The Morgan fingerprint density at radius 2 is 2.00 bits per heavy atom. The first-order valence-corrected chi connectivity index (χ1v) is 7.85. The molecule has 0 aliphatic rings. The summed E-state index contributed by atoms with van der Waals surface area (Å²) in [7, 11) is 1.60. The predicted molar refractivity (Wildman–Crippen MR) is 83.7 cm³/mol. The molecule has 1 N–H and O–H groups in total. The van der Waals surface area contributed by atoms with Gasteiger partial charge in [0, 0.05) is 19.0 Å². The van der Waals surface area contributed by atoms with Gasteiger partial charge in [-0.2, -0.15) is 0 Å². The zero-order valence-electron chi connectivity index (χ0n) is 13.1. The number of amides is 2. The molecule has 2 rings (SSSR count). The number of alkyl halides is 3. The molecular formula is C15H16F3N3O2S. The van der Waals surface area contributed by atoms with Crippen LogP contribution >= 0.6 is 11.3 Å². The number of carbonyl (C=O) groups excluding carboxylic acids is 1. The summed E-state index contributed by atoms with van der Waals surface area (Å²) >= 11 is 1.50. The van der Waals surface area contributed by atoms with Gasteiger partial charge >= 0.3 is 12.4 Å². The van der Waals surface area contributed by atoms with Crippen LogP contribution in [0.4, 0.5) is 18.0 Å². The Hall–Kier alpha value is -2.29. The predicted octanol–water partition coefficient (Wildman–Crippen LogP) is 3.69. The topological polar surface area (TPSA) is 54.5 Å². The average molecular weight is 359 g/mol. The molecule has 2 aromatic rings. The van der Waals surface area contributed by atoms with E-state index >= 15 is 0 Å². The van der Waals surface area contributed by atoms with Gasteiger partial charge in [-0.1, -0.05) is 12.1 Å². The van der Waals surface area contributed by atoms with Gasteiger partial charge in [-0.25, -0.2) is 9.78 Å². The van der Waals surface area contributed by atoms with Crippen molar-refractivity contribution in [2.75, 3.05) is 7.05 Å². The lowest BCUT2D eigenvalue weighted by atomic mass is 10.2. The molecule has 1 aromatic carbocycles. The van der Waals surface area contributed by atoms with Crippen molar-refractivity contribution in [1.29, 1.82) is 0 Å². The van der Waals surface area contributed by atoms with Crippen LogP contribution in [0.15, 0.2) is 29.6 Å². The van der Waals surface area contributed by atoms with Crippen LogP contribution in [0, 0.1) is 6.92 Å². The number of urea groups is 1. The molecule has 0 radical (unpaired) electrons. The fraction of sp³-hybridized carbons (Fsp3) is 0.333. The normalized spacial score (nSPS) is 11.2. The van der Waals surface area contributed by atoms with E-state index in [4.69, 9.17) is 0 Å². The molecule has 0 bridgehead atoms. The Balaban J connectivity index is 1.84. The lowest BCUT2D eigenvalue weighted by Crippen LogP contribution is -2.36. The third-order valence-electron chi connectivity index (χ3n) is 3.01. The maximum absolute atomic E-state index is 12.1. The van der Waals surface area contributed by atoms with Crippen LogP contribution in [0.3, 0.4) is 0 Å². The van der Waals surface area contributed by atoms with Gasteiger partial charge < -0.3 is 15.0 Å². The van der Waals surface area contributed by atoms with Crippen LogP contribution in [0.25, 0.3) is 0 Å². The molecular weight excluding hydrogens is 343 g/mol. The number of rotatable bonds is 5. The zero-order valence-corrected chi connectivity index (χ0v) is 13.9. The summed E-state index contributed by atoms with van der Waals surface area (Å²) in [6.45, 7) is 2.47. The van der Waals surface area contributed by atoms with Crippen molar-refractivity contribution in [2.24, 2.45) is 0 Å². The first kappa shape index (κ1) is 18.1. The number of thiazole rings is 1. The van der Waals surface area contributed by atoms with Crippen LogP contribution in [-0.2, 0) is 13.1 Å². The molecule has 0 atom stereocenters. The van der Waals surface area contributed by atoms with E-state index in [-0.39, 0.29) is 18.3 Å². The van der Waals surface area contributed by atoms with Crippen molar-refractivity contribution in [1.82, 2.24) is 15.2 Å². The zero-order chi connectivity index (χ0) is 17.7. The van der Waals surface area contributed by atoms with Gasteiger partial charge in [0.2, 0.25) is 0 Å². The van der Waals surface area contributed by atoms with Crippen molar-refractivity contribution in [2.45, 2.75) is 26.4 Å². The number of hydrogen-bond acceptors (Lipinski definition) is 4. The Morgan fingerprint density at radius 3 is 2.54 bits per heavy atom. The maximum Gasteiger partial charge on any atom is 0.573 e. The highest BCUT2D eigenvalue weighted by molar-refractivity contribution is 7.09. The van der Waals surface area contributed by atoms with Crippen molar-refractivity contribution in [3.8, 4) is 5.75 Å². The number of aryl methyl sites for hydroxylation is 1. The third kappa shape index (κ3) is 5.73. The molecule has 0 saturated carbocycles. The Bertz CT molecular complexity index is 686. The van der Waals surface area contributed by atoms with Crippen LogP contribution < -0.4 is 10.1 Å². The Morgan fingerprint density at radius 1 is 1.33 bits per heavy atom. The molecule has 0 spiro atoms. The van der Waals surface area contributed by atoms with E-state index in [0.29, 0.717) is 12.1 Å². The molecule has 0 aliphatic heterocycles. The van der Waals surface area contributed by atoms with Crippen molar-refractivity contribution in [3.63, 3.8) is 0 Å². The van der Waals surface area contributed by atoms with Gasteiger partial charge in [-0.15, -0.1) is 24.5 Å². The molecule has 5 nitrogen and oxygen atoms in total. The van der Waals surface area contributed by atoms with Crippen LogP contribution in [0.1, 0.15) is 16.3 Å². The highest BCUT2D eigenvalue weighted by Gasteiger charge is 2.30.